The van der Waals surface area contributed by atoms with Crippen LogP contribution in [0.25, 0.3) is 0 Å². The first-order chi connectivity index (χ1) is 13.2. The topological polar surface area (TPSA) is 100 Å². The molecule has 1 N–H and O–H groups in total. The third-order valence-electron chi connectivity index (χ3n) is 4.79. The Balaban J connectivity index is 1.46. The number of benzene rings is 1. The lowest BCUT2D eigenvalue weighted by molar-refractivity contribution is -0.169. The van der Waals surface area contributed by atoms with E-state index in [-0.39, 0.29) is 11.6 Å². The molecule has 0 saturated carbocycles. The number of anilines is 2. The third kappa shape index (κ3) is 3.60. The van der Waals surface area contributed by atoms with Gasteiger partial charge in [-0.05, 0) is 18.2 Å². The number of nitriles is 1. The van der Waals surface area contributed by atoms with Crippen LogP contribution in [0.4, 0.5) is 11.6 Å². The third-order valence-corrected chi connectivity index (χ3v) is 4.79. The second-order valence-corrected chi connectivity index (χ2v) is 6.45. The molecule has 4 rings (SSSR count). The van der Waals surface area contributed by atoms with Crippen molar-refractivity contribution in [3.05, 3.63) is 47.8 Å². The average molecular weight is 365 g/mol. The second kappa shape index (κ2) is 7.31. The van der Waals surface area contributed by atoms with Crippen LogP contribution in [0, 0.1) is 11.3 Å². The molecule has 3 heterocycles. The zero-order chi connectivity index (χ0) is 18.7. The quantitative estimate of drug-likeness (QED) is 0.887. The number of nitrogens with zero attached hydrogens (tertiary/aromatic N) is 4. The molecule has 0 atom stereocenters. The Bertz CT molecular complexity index is 879. The lowest BCUT2D eigenvalue weighted by Crippen LogP contribution is -2.45. The van der Waals surface area contributed by atoms with Gasteiger partial charge in [0.05, 0.1) is 24.5 Å². The largest absolute Gasteiger partial charge is 0.347 e. The second-order valence-electron chi connectivity index (χ2n) is 6.45. The van der Waals surface area contributed by atoms with E-state index in [1.165, 1.54) is 0 Å². The van der Waals surface area contributed by atoms with Gasteiger partial charge in [-0.15, -0.1) is 0 Å². The normalized spacial score (nSPS) is 18.3. The zero-order valence-electron chi connectivity index (χ0n) is 14.7. The molecular formula is C19H19N5O3. The molecule has 8 nitrogen and oxygen atoms in total. The smallest absolute Gasteiger partial charge is 0.274 e. The summed E-state index contributed by atoms with van der Waals surface area (Å²) in [5.74, 6) is -0.340. The first kappa shape index (κ1) is 17.4. The van der Waals surface area contributed by atoms with Gasteiger partial charge in [0.1, 0.15) is 11.8 Å². The van der Waals surface area contributed by atoms with Crippen LogP contribution in [0.3, 0.4) is 0 Å². The van der Waals surface area contributed by atoms with Crippen LogP contribution in [-0.4, -0.2) is 48.0 Å². The fraction of sp³-hybridized carbons (Fsp3) is 0.368. The molecule has 0 unspecified atom stereocenters. The van der Waals surface area contributed by atoms with E-state index in [0.29, 0.717) is 43.5 Å². The molecule has 138 valence electrons. The maximum atomic E-state index is 12.6. The number of carbonyl (C=O) groups is 1. The highest BCUT2D eigenvalue weighted by molar-refractivity contribution is 6.03. The highest BCUT2D eigenvalue weighted by atomic mass is 16.7. The molecule has 0 bridgehead atoms. The van der Waals surface area contributed by atoms with Crippen molar-refractivity contribution in [2.45, 2.75) is 18.6 Å². The first-order valence-electron chi connectivity index (χ1n) is 8.85. The Morgan fingerprint density at radius 3 is 2.67 bits per heavy atom. The summed E-state index contributed by atoms with van der Waals surface area (Å²) in [4.78, 5) is 23.3. The number of aromatic nitrogens is 2. The van der Waals surface area contributed by atoms with Gasteiger partial charge in [0.25, 0.3) is 5.91 Å². The Hall–Kier alpha value is -3.02. The van der Waals surface area contributed by atoms with Gasteiger partial charge in [-0.1, -0.05) is 12.1 Å². The van der Waals surface area contributed by atoms with Crippen molar-refractivity contribution in [1.82, 2.24) is 9.97 Å². The Morgan fingerprint density at radius 1 is 1.19 bits per heavy atom. The number of carbonyl (C=O) groups excluding carboxylic acids is 1. The van der Waals surface area contributed by atoms with Gasteiger partial charge >= 0.3 is 0 Å². The summed E-state index contributed by atoms with van der Waals surface area (Å²) < 4.78 is 11.5. The van der Waals surface area contributed by atoms with Crippen LogP contribution in [-0.2, 0) is 9.47 Å². The Labute approximate surface area is 156 Å². The minimum atomic E-state index is -0.466. The van der Waals surface area contributed by atoms with E-state index in [4.69, 9.17) is 14.7 Å². The molecule has 1 aromatic heterocycles. The van der Waals surface area contributed by atoms with Gasteiger partial charge in [0.15, 0.2) is 5.79 Å². The summed E-state index contributed by atoms with van der Waals surface area (Å²) in [7, 11) is 0. The van der Waals surface area contributed by atoms with Crippen molar-refractivity contribution in [3.8, 4) is 6.07 Å². The van der Waals surface area contributed by atoms with Crippen LogP contribution >= 0.6 is 0 Å². The van der Waals surface area contributed by atoms with Gasteiger partial charge in [-0.25, -0.2) is 9.97 Å². The number of hydrogen-bond acceptors (Lipinski definition) is 7. The van der Waals surface area contributed by atoms with Crippen molar-refractivity contribution in [3.63, 3.8) is 0 Å². The van der Waals surface area contributed by atoms with Crippen LogP contribution in [0.1, 0.15) is 28.9 Å². The van der Waals surface area contributed by atoms with Crippen LogP contribution in [0.15, 0.2) is 36.5 Å². The first-order valence-corrected chi connectivity index (χ1v) is 8.85. The molecule has 1 aromatic carbocycles. The fourth-order valence-electron chi connectivity index (χ4n) is 3.34. The minimum absolute atomic E-state index is 0.251. The fourth-order valence-corrected chi connectivity index (χ4v) is 3.34. The molecule has 1 amide bonds. The summed E-state index contributed by atoms with van der Waals surface area (Å²) in [5.41, 5.74) is 1.11. The highest BCUT2D eigenvalue weighted by Crippen LogP contribution is 2.32. The van der Waals surface area contributed by atoms with E-state index in [0.717, 1.165) is 12.8 Å². The summed E-state index contributed by atoms with van der Waals surface area (Å²) in [6.45, 7) is 2.66. The van der Waals surface area contributed by atoms with Crippen LogP contribution in [0.5, 0.6) is 0 Å². The van der Waals surface area contributed by atoms with E-state index in [9.17, 15) is 4.79 Å². The van der Waals surface area contributed by atoms with Crippen LogP contribution in [0.2, 0.25) is 0 Å². The van der Waals surface area contributed by atoms with Gasteiger partial charge in [0.2, 0.25) is 5.95 Å². The molecule has 0 radical (unpaired) electrons. The van der Waals surface area contributed by atoms with E-state index in [2.05, 4.69) is 21.4 Å². The molecule has 27 heavy (non-hydrogen) atoms. The van der Waals surface area contributed by atoms with Crippen molar-refractivity contribution in [2.75, 3.05) is 36.5 Å². The maximum Gasteiger partial charge on any atom is 0.274 e. The molecule has 8 heteroatoms. The van der Waals surface area contributed by atoms with Crippen molar-refractivity contribution >= 4 is 17.5 Å². The van der Waals surface area contributed by atoms with Crippen molar-refractivity contribution in [2.24, 2.45) is 0 Å². The van der Waals surface area contributed by atoms with E-state index in [1.54, 1.807) is 36.5 Å². The number of piperidine rings is 1. The SMILES string of the molecule is N#Cc1ccccc1NC(=O)c1ccnc(N2CCC3(CC2)OCCO3)n1. The van der Waals surface area contributed by atoms with Gasteiger partial charge < -0.3 is 19.7 Å². The molecule has 2 aromatic rings. The molecule has 2 fully saturated rings. The molecule has 2 aliphatic heterocycles. The van der Waals surface area contributed by atoms with E-state index < -0.39 is 5.79 Å². The maximum absolute atomic E-state index is 12.6. The number of ether oxygens (including phenoxy) is 2. The van der Waals surface area contributed by atoms with Crippen molar-refractivity contribution < 1.29 is 14.3 Å². The summed E-state index contributed by atoms with van der Waals surface area (Å²) in [6, 6.07) is 10.5. The number of amides is 1. The molecule has 1 spiro atoms. The predicted octanol–water partition coefficient (Wildman–Crippen LogP) is 1.94. The van der Waals surface area contributed by atoms with E-state index in [1.807, 2.05) is 4.90 Å². The molecule has 0 aliphatic carbocycles. The lowest BCUT2D eigenvalue weighted by atomic mass is 10.0. The standard InChI is InChI=1S/C19H19N5O3/c20-13-14-3-1-2-4-15(14)22-17(25)16-5-8-21-18(23-16)24-9-6-19(7-10-24)26-11-12-27-19/h1-5,8H,6-7,9-12H2,(H,22,25). The number of nitrogens with one attached hydrogen (secondary N) is 1. The summed E-state index contributed by atoms with van der Waals surface area (Å²) in [6.07, 6.45) is 3.05. The van der Waals surface area contributed by atoms with E-state index >= 15 is 0 Å². The summed E-state index contributed by atoms with van der Waals surface area (Å²) in [5, 5.41) is 11.9. The molecule has 2 aliphatic rings. The lowest BCUT2D eigenvalue weighted by Gasteiger charge is -2.37. The van der Waals surface area contributed by atoms with Gasteiger partial charge in [-0.2, -0.15) is 5.26 Å². The average Bonchev–Trinajstić information content (AvgIpc) is 3.17. The molecular weight excluding hydrogens is 346 g/mol. The Morgan fingerprint density at radius 2 is 1.93 bits per heavy atom. The zero-order valence-corrected chi connectivity index (χ0v) is 14.7. The Kier molecular flexibility index (Phi) is 4.71. The monoisotopic (exact) mass is 365 g/mol. The number of para-hydroxylation sites is 1. The van der Waals surface area contributed by atoms with Crippen molar-refractivity contribution in [1.29, 1.82) is 5.26 Å². The van der Waals surface area contributed by atoms with Gasteiger partial charge in [0, 0.05) is 32.1 Å². The number of rotatable bonds is 3. The number of hydrogen-bond donors (Lipinski definition) is 1. The predicted molar refractivity (Wildman–Crippen MR) is 97.2 cm³/mol. The van der Waals surface area contributed by atoms with Gasteiger partial charge in [-0.3, -0.25) is 4.79 Å². The van der Waals surface area contributed by atoms with Crippen LogP contribution < -0.4 is 10.2 Å². The minimum Gasteiger partial charge on any atom is -0.347 e. The highest BCUT2D eigenvalue weighted by Gasteiger charge is 2.40. The summed E-state index contributed by atoms with van der Waals surface area (Å²) >= 11 is 0. The molecule has 2 saturated heterocycles.